The molecular formula is C15H23NO2. The zero-order valence-corrected chi connectivity index (χ0v) is 11.9. The first-order valence-electron chi connectivity index (χ1n) is 6.26. The Morgan fingerprint density at radius 1 is 1.33 bits per heavy atom. The van der Waals surface area contributed by atoms with E-state index in [0.717, 1.165) is 6.42 Å². The molecule has 0 fully saturated rings. The molecule has 0 aliphatic heterocycles. The third kappa shape index (κ3) is 3.76. The number of likely N-dealkylation sites (N-methyl/N-ethyl adjacent to an activating group) is 1. The molecule has 0 aromatic heterocycles. The molecule has 0 saturated heterocycles. The number of amides is 1. The normalized spacial score (nSPS) is 11.4. The second kappa shape index (κ2) is 5.42. The zero-order chi connectivity index (χ0) is 13.9. The first-order chi connectivity index (χ1) is 8.21. The molecule has 1 N–H and O–H groups in total. The average Bonchev–Trinajstić information content (AvgIpc) is 2.25. The zero-order valence-electron chi connectivity index (χ0n) is 11.9. The van der Waals surface area contributed by atoms with Crippen LogP contribution in [0, 0.1) is 6.92 Å². The van der Waals surface area contributed by atoms with Crippen molar-refractivity contribution in [1.82, 2.24) is 4.90 Å². The van der Waals surface area contributed by atoms with E-state index in [1.54, 1.807) is 7.05 Å². The van der Waals surface area contributed by atoms with E-state index in [1.807, 2.05) is 0 Å². The van der Waals surface area contributed by atoms with E-state index in [-0.39, 0.29) is 5.41 Å². The van der Waals surface area contributed by atoms with Crippen molar-refractivity contribution >= 4 is 6.09 Å². The van der Waals surface area contributed by atoms with Crippen molar-refractivity contribution in [2.75, 3.05) is 13.6 Å². The maximum Gasteiger partial charge on any atom is 0.407 e. The van der Waals surface area contributed by atoms with Gasteiger partial charge in [-0.3, -0.25) is 0 Å². The Morgan fingerprint density at radius 3 is 2.39 bits per heavy atom. The van der Waals surface area contributed by atoms with E-state index in [1.165, 1.54) is 21.6 Å². The second-order valence-corrected chi connectivity index (χ2v) is 5.85. The summed E-state index contributed by atoms with van der Waals surface area (Å²) in [6, 6.07) is 6.46. The van der Waals surface area contributed by atoms with Crippen LogP contribution in [0.2, 0.25) is 0 Å². The number of hydrogen-bond acceptors (Lipinski definition) is 1. The van der Waals surface area contributed by atoms with Gasteiger partial charge in [0.1, 0.15) is 0 Å². The summed E-state index contributed by atoms with van der Waals surface area (Å²) in [5.41, 5.74) is 3.92. The summed E-state index contributed by atoms with van der Waals surface area (Å²) in [5.74, 6) is 0. The van der Waals surface area contributed by atoms with Crippen LogP contribution in [0.15, 0.2) is 18.2 Å². The van der Waals surface area contributed by atoms with Gasteiger partial charge in [0, 0.05) is 13.6 Å². The molecule has 1 amide bonds. The molecule has 1 aromatic carbocycles. The van der Waals surface area contributed by atoms with Crippen LogP contribution in [0.25, 0.3) is 0 Å². The van der Waals surface area contributed by atoms with E-state index in [0.29, 0.717) is 6.54 Å². The van der Waals surface area contributed by atoms with E-state index in [4.69, 9.17) is 5.11 Å². The Labute approximate surface area is 109 Å². The summed E-state index contributed by atoms with van der Waals surface area (Å²) < 4.78 is 0. The van der Waals surface area contributed by atoms with Gasteiger partial charge in [0.15, 0.2) is 0 Å². The highest BCUT2D eigenvalue weighted by atomic mass is 16.4. The maximum absolute atomic E-state index is 10.7. The SMILES string of the molecule is Cc1cc(C(C)(C)C)ccc1CCN(C)C(=O)O. The van der Waals surface area contributed by atoms with Gasteiger partial charge >= 0.3 is 6.09 Å². The van der Waals surface area contributed by atoms with Crippen LogP contribution >= 0.6 is 0 Å². The van der Waals surface area contributed by atoms with Gasteiger partial charge in [0.2, 0.25) is 0 Å². The quantitative estimate of drug-likeness (QED) is 0.891. The molecule has 0 bridgehead atoms. The van der Waals surface area contributed by atoms with E-state index < -0.39 is 6.09 Å². The number of rotatable bonds is 3. The van der Waals surface area contributed by atoms with E-state index in [9.17, 15) is 4.79 Å². The van der Waals surface area contributed by atoms with E-state index in [2.05, 4.69) is 45.9 Å². The number of hydrogen-bond donors (Lipinski definition) is 1. The largest absolute Gasteiger partial charge is 0.465 e. The Morgan fingerprint density at radius 2 is 1.94 bits per heavy atom. The molecule has 0 radical (unpaired) electrons. The number of carbonyl (C=O) groups is 1. The van der Waals surface area contributed by atoms with Crippen molar-refractivity contribution in [2.45, 2.75) is 39.5 Å². The molecular weight excluding hydrogens is 226 g/mol. The maximum atomic E-state index is 10.7. The lowest BCUT2D eigenvalue weighted by Crippen LogP contribution is -2.27. The third-order valence-electron chi connectivity index (χ3n) is 3.25. The van der Waals surface area contributed by atoms with Crippen LogP contribution in [0.3, 0.4) is 0 Å². The minimum atomic E-state index is -0.876. The Bertz CT molecular complexity index is 433. The molecule has 100 valence electrons. The lowest BCUT2D eigenvalue weighted by Gasteiger charge is -2.21. The lowest BCUT2D eigenvalue weighted by atomic mass is 9.85. The summed E-state index contributed by atoms with van der Waals surface area (Å²) in [5, 5.41) is 8.81. The first kappa shape index (κ1) is 14.6. The van der Waals surface area contributed by atoms with Crippen molar-refractivity contribution < 1.29 is 9.90 Å². The van der Waals surface area contributed by atoms with Crippen molar-refractivity contribution in [3.63, 3.8) is 0 Å². The van der Waals surface area contributed by atoms with Crippen LogP contribution < -0.4 is 0 Å². The highest BCUT2D eigenvalue weighted by Gasteiger charge is 2.14. The molecule has 0 unspecified atom stereocenters. The van der Waals surface area contributed by atoms with Gasteiger partial charge in [0.25, 0.3) is 0 Å². The van der Waals surface area contributed by atoms with E-state index >= 15 is 0 Å². The highest BCUT2D eigenvalue weighted by Crippen LogP contribution is 2.24. The fourth-order valence-corrected chi connectivity index (χ4v) is 1.83. The minimum absolute atomic E-state index is 0.154. The highest BCUT2D eigenvalue weighted by molar-refractivity contribution is 5.64. The monoisotopic (exact) mass is 249 g/mol. The third-order valence-corrected chi connectivity index (χ3v) is 3.25. The van der Waals surface area contributed by atoms with Gasteiger partial charge in [-0.05, 0) is 35.4 Å². The molecule has 0 aliphatic carbocycles. The van der Waals surface area contributed by atoms with Crippen LogP contribution in [-0.2, 0) is 11.8 Å². The van der Waals surface area contributed by atoms with Crippen molar-refractivity contribution in [1.29, 1.82) is 0 Å². The molecule has 0 saturated carbocycles. The minimum Gasteiger partial charge on any atom is -0.465 e. The van der Waals surface area contributed by atoms with Gasteiger partial charge < -0.3 is 10.0 Å². The standard InChI is InChI=1S/C15H23NO2/c1-11-10-13(15(2,3)4)7-6-12(11)8-9-16(5)14(17)18/h6-7,10H,8-9H2,1-5H3,(H,17,18). The molecule has 3 heteroatoms. The summed E-state index contributed by atoms with van der Waals surface area (Å²) in [6.45, 7) is 9.20. The molecule has 3 nitrogen and oxygen atoms in total. The molecule has 18 heavy (non-hydrogen) atoms. The van der Waals surface area contributed by atoms with Gasteiger partial charge in [-0.15, -0.1) is 0 Å². The summed E-state index contributed by atoms with van der Waals surface area (Å²) in [4.78, 5) is 12.0. The van der Waals surface area contributed by atoms with Crippen molar-refractivity contribution in [2.24, 2.45) is 0 Å². The molecule has 0 aliphatic rings. The molecule has 0 spiro atoms. The number of aryl methyl sites for hydroxylation is 1. The Kier molecular flexibility index (Phi) is 4.38. The van der Waals surface area contributed by atoms with Gasteiger partial charge in [-0.25, -0.2) is 4.79 Å². The van der Waals surface area contributed by atoms with Crippen molar-refractivity contribution in [3.05, 3.63) is 34.9 Å². The predicted octanol–water partition coefficient (Wildman–Crippen LogP) is 3.44. The van der Waals surface area contributed by atoms with Crippen LogP contribution in [0.1, 0.15) is 37.5 Å². The second-order valence-electron chi connectivity index (χ2n) is 5.85. The molecule has 0 atom stereocenters. The smallest absolute Gasteiger partial charge is 0.407 e. The lowest BCUT2D eigenvalue weighted by molar-refractivity contribution is 0.156. The van der Waals surface area contributed by atoms with Crippen molar-refractivity contribution in [3.8, 4) is 0 Å². The van der Waals surface area contributed by atoms with Gasteiger partial charge in [0.05, 0.1) is 0 Å². The Hall–Kier alpha value is -1.51. The average molecular weight is 249 g/mol. The fraction of sp³-hybridized carbons (Fsp3) is 0.533. The fourth-order valence-electron chi connectivity index (χ4n) is 1.83. The number of nitrogens with zero attached hydrogens (tertiary/aromatic N) is 1. The summed E-state index contributed by atoms with van der Waals surface area (Å²) >= 11 is 0. The molecule has 1 rings (SSSR count). The summed E-state index contributed by atoms with van der Waals surface area (Å²) in [7, 11) is 1.60. The number of benzene rings is 1. The number of carboxylic acid groups (broad SMARTS) is 1. The van der Waals surface area contributed by atoms with Crippen LogP contribution in [0.4, 0.5) is 4.79 Å². The predicted molar refractivity (Wildman–Crippen MR) is 74.2 cm³/mol. The first-order valence-corrected chi connectivity index (χ1v) is 6.26. The molecule has 1 aromatic rings. The summed E-state index contributed by atoms with van der Waals surface area (Å²) in [6.07, 6.45) is -0.113. The Balaban J connectivity index is 2.78. The van der Waals surface area contributed by atoms with Gasteiger partial charge in [-0.1, -0.05) is 39.0 Å². The van der Waals surface area contributed by atoms with Crippen LogP contribution in [0.5, 0.6) is 0 Å². The molecule has 0 heterocycles. The topological polar surface area (TPSA) is 40.5 Å². The van der Waals surface area contributed by atoms with Gasteiger partial charge in [-0.2, -0.15) is 0 Å². The van der Waals surface area contributed by atoms with Crippen LogP contribution in [-0.4, -0.2) is 29.7 Å².